The number of amides is 1. The number of fused-ring (bicyclic) bond motifs is 2. The van der Waals surface area contributed by atoms with E-state index in [1.54, 1.807) is 0 Å². The Morgan fingerprint density at radius 2 is 1.75 bits per heavy atom. The first-order valence-corrected chi connectivity index (χ1v) is 8.98. The Balaban J connectivity index is 1.67. The summed E-state index contributed by atoms with van der Waals surface area (Å²) >= 11 is 0. The Bertz CT molecular complexity index is 1170. The first-order valence-electron chi connectivity index (χ1n) is 8.98. The zero-order chi connectivity index (χ0) is 19.5. The molecule has 0 saturated carbocycles. The fourth-order valence-electron chi connectivity index (χ4n) is 3.19. The highest BCUT2D eigenvalue weighted by molar-refractivity contribution is 5.93. The number of imidazole rings is 1. The Morgan fingerprint density at radius 3 is 2.61 bits per heavy atom. The first-order chi connectivity index (χ1) is 13.6. The number of ether oxygens (including phenoxy) is 1. The lowest BCUT2D eigenvalue weighted by atomic mass is 10.1. The van der Waals surface area contributed by atoms with E-state index in [0.29, 0.717) is 16.9 Å². The smallest absolute Gasteiger partial charge is 0.252 e. The van der Waals surface area contributed by atoms with Crippen LogP contribution in [0.25, 0.3) is 21.8 Å². The molecule has 0 saturated heterocycles. The van der Waals surface area contributed by atoms with Crippen LogP contribution in [0.15, 0.2) is 66.7 Å². The van der Waals surface area contributed by atoms with Crippen LogP contribution in [-0.4, -0.2) is 27.9 Å². The average Bonchev–Trinajstić information content (AvgIpc) is 3.09. The van der Waals surface area contributed by atoms with Crippen LogP contribution in [-0.2, 0) is 11.4 Å². The van der Waals surface area contributed by atoms with Gasteiger partial charge in [-0.1, -0.05) is 48.5 Å². The summed E-state index contributed by atoms with van der Waals surface area (Å²) in [5.74, 6) is 0.697. The SMILES string of the molecule is CC(=O)NCC(=O)n1c(COc2cccc3ccccc23)nc2ccccc21. The number of nitrogens with one attached hydrogen (secondary N) is 1. The molecule has 0 radical (unpaired) electrons. The molecule has 0 bridgehead atoms. The number of hydrogen-bond donors (Lipinski definition) is 1. The largest absolute Gasteiger partial charge is 0.485 e. The van der Waals surface area contributed by atoms with Gasteiger partial charge < -0.3 is 10.1 Å². The Morgan fingerprint density at radius 1 is 1.00 bits per heavy atom. The Kier molecular flexibility index (Phi) is 4.76. The second-order valence-corrected chi connectivity index (χ2v) is 6.42. The van der Waals surface area contributed by atoms with Crippen molar-refractivity contribution in [2.75, 3.05) is 6.54 Å². The van der Waals surface area contributed by atoms with Crippen molar-refractivity contribution in [2.24, 2.45) is 0 Å². The molecule has 0 atom stereocenters. The molecule has 140 valence electrons. The van der Waals surface area contributed by atoms with Crippen LogP contribution in [0.5, 0.6) is 5.75 Å². The van der Waals surface area contributed by atoms with Gasteiger partial charge in [-0.2, -0.15) is 0 Å². The van der Waals surface area contributed by atoms with Crippen molar-refractivity contribution in [2.45, 2.75) is 13.5 Å². The number of nitrogens with zero attached hydrogens (tertiary/aromatic N) is 2. The van der Waals surface area contributed by atoms with Gasteiger partial charge in [0.15, 0.2) is 5.82 Å². The quantitative estimate of drug-likeness (QED) is 0.581. The predicted octanol–water partition coefficient (Wildman–Crippen LogP) is 3.54. The first kappa shape index (κ1) is 17.7. The van der Waals surface area contributed by atoms with E-state index < -0.39 is 0 Å². The minimum absolute atomic E-state index is 0.100. The van der Waals surface area contributed by atoms with Gasteiger partial charge in [0, 0.05) is 12.3 Å². The van der Waals surface area contributed by atoms with E-state index in [2.05, 4.69) is 10.3 Å². The van der Waals surface area contributed by atoms with Crippen LogP contribution in [0.4, 0.5) is 0 Å². The topological polar surface area (TPSA) is 73.2 Å². The van der Waals surface area contributed by atoms with E-state index in [1.165, 1.54) is 11.5 Å². The summed E-state index contributed by atoms with van der Waals surface area (Å²) in [6.07, 6.45) is 0. The number of hydrogen-bond acceptors (Lipinski definition) is 4. The molecular weight excluding hydrogens is 354 g/mol. The van der Waals surface area contributed by atoms with E-state index in [1.807, 2.05) is 66.7 Å². The van der Waals surface area contributed by atoms with Crippen molar-refractivity contribution in [3.8, 4) is 5.75 Å². The van der Waals surface area contributed by atoms with Gasteiger partial charge in [-0.15, -0.1) is 0 Å². The average molecular weight is 373 g/mol. The van der Waals surface area contributed by atoms with Crippen LogP contribution in [0.3, 0.4) is 0 Å². The molecule has 1 heterocycles. The number of para-hydroxylation sites is 2. The molecule has 0 spiro atoms. The van der Waals surface area contributed by atoms with Gasteiger partial charge in [0.25, 0.3) is 5.91 Å². The summed E-state index contributed by atoms with van der Waals surface area (Å²) in [6, 6.07) is 21.2. The van der Waals surface area contributed by atoms with Crippen molar-refractivity contribution in [1.82, 2.24) is 14.9 Å². The van der Waals surface area contributed by atoms with E-state index >= 15 is 0 Å². The molecule has 4 aromatic rings. The molecule has 28 heavy (non-hydrogen) atoms. The number of carbonyl (C=O) groups excluding carboxylic acids is 2. The van der Waals surface area contributed by atoms with Crippen molar-refractivity contribution in [3.63, 3.8) is 0 Å². The molecule has 0 aliphatic heterocycles. The zero-order valence-corrected chi connectivity index (χ0v) is 15.4. The molecule has 6 heteroatoms. The molecule has 4 rings (SSSR count). The number of aromatic nitrogens is 2. The van der Waals surface area contributed by atoms with Crippen LogP contribution < -0.4 is 10.1 Å². The molecule has 0 aliphatic carbocycles. The van der Waals surface area contributed by atoms with Gasteiger partial charge >= 0.3 is 0 Å². The monoisotopic (exact) mass is 373 g/mol. The summed E-state index contributed by atoms with van der Waals surface area (Å²) in [5.41, 5.74) is 1.39. The summed E-state index contributed by atoms with van der Waals surface area (Å²) in [5, 5.41) is 4.62. The van der Waals surface area contributed by atoms with E-state index in [4.69, 9.17) is 4.74 Å². The Hall–Kier alpha value is -3.67. The fraction of sp³-hybridized carbons (Fsp3) is 0.136. The van der Waals surface area contributed by atoms with E-state index in [9.17, 15) is 9.59 Å². The minimum Gasteiger partial charge on any atom is -0.485 e. The number of carbonyl (C=O) groups is 2. The van der Waals surface area contributed by atoms with Gasteiger partial charge in [-0.3, -0.25) is 14.2 Å². The van der Waals surface area contributed by atoms with Gasteiger partial charge in [0.2, 0.25) is 5.91 Å². The van der Waals surface area contributed by atoms with Crippen molar-refractivity contribution in [1.29, 1.82) is 0 Å². The Labute approximate surface area is 161 Å². The summed E-state index contributed by atoms with van der Waals surface area (Å²) in [7, 11) is 0. The highest BCUT2D eigenvalue weighted by atomic mass is 16.5. The molecule has 3 aromatic carbocycles. The zero-order valence-electron chi connectivity index (χ0n) is 15.4. The third-order valence-corrected chi connectivity index (χ3v) is 4.47. The fourth-order valence-corrected chi connectivity index (χ4v) is 3.19. The third kappa shape index (κ3) is 3.44. The highest BCUT2D eigenvalue weighted by Gasteiger charge is 2.17. The predicted molar refractivity (Wildman–Crippen MR) is 107 cm³/mol. The minimum atomic E-state index is -0.264. The molecule has 1 aromatic heterocycles. The van der Waals surface area contributed by atoms with Gasteiger partial charge in [-0.25, -0.2) is 4.98 Å². The van der Waals surface area contributed by atoms with Crippen LogP contribution in [0, 0.1) is 0 Å². The lowest BCUT2D eigenvalue weighted by Crippen LogP contribution is -2.31. The summed E-state index contributed by atoms with van der Waals surface area (Å²) < 4.78 is 7.54. The summed E-state index contributed by atoms with van der Waals surface area (Å²) in [4.78, 5) is 28.5. The molecule has 1 N–H and O–H groups in total. The number of benzene rings is 3. The molecular formula is C22H19N3O3. The highest BCUT2D eigenvalue weighted by Crippen LogP contribution is 2.26. The molecule has 0 unspecified atom stereocenters. The van der Waals surface area contributed by atoms with Crippen molar-refractivity contribution >= 4 is 33.6 Å². The van der Waals surface area contributed by atoms with Crippen molar-refractivity contribution in [3.05, 3.63) is 72.6 Å². The maximum absolute atomic E-state index is 12.7. The van der Waals surface area contributed by atoms with E-state index in [-0.39, 0.29) is 25.0 Å². The van der Waals surface area contributed by atoms with Crippen LogP contribution in [0.2, 0.25) is 0 Å². The third-order valence-electron chi connectivity index (χ3n) is 4.47. The number of rotatable bonds is 5. The lowest BCUT2D eigenvalue weighted by molar-refractivity contribution is -0.118. The maximum atomic E-state index is 12.7. The summed E-state index contributed by atoms with van der Waals surface area (Å²) in [6.45, 7) is 1.41. The van der Waals surface area contributed by atoms with Crippen LogP contribution in [0.1, 0.15) is 17.5 Å². The second-order valence-electron chi connectivity index (χ2n) is 6.42. The van der Waals surface area contributed by atoms with Gasteiger partial charge in [0.05, 0.1) is 17.6 Å². The molecule has 1 amide bonds. The van der Waals surface area contributed by atoms with Gasteiger partial charge in [-0.05, 0) is 23.6 Å². The van der Waals surface area contributed by atoms with Crippen molar-refractivity contribution < 1.29 is 14.3 Å². The lowest BCUT2D eigenvalue weighted by Gasteiger charge is -2.11. The molecule has 6 nitrogen and oxygen atoms in total. The second kappa shape index (κ2) is 7.52. The molecule has 0 aliphatic rings. The maximum Gasteiger partial charge on any atom is 0.252 e. The molecule has 0 fully saturated rings. The van der Waals surface area contributed by atoms with Crippen LogP contribution >= 0.6 is 0 Å². The normalized spacial score (nSPS) is 10.9. The standard InChI is InChI=1S/C22H19N3O3/c1-15(26)23-13-22(27)25-19-11-5-4-10-18(19)24-21(25)14-28-20-12-6-8-16-7-2-3-9-17(16)20/h2-12H,13-14H2,1H3,(H,23,26). The van der Waals surface area contributed by atoms with Gasteiger partial charge in [0.1, 0.15) is 12.4 Å². The van der Waals surface area contributed by atoms with E-state index in [0.717, 1.165) is 16.5 Å².